The summed E-state index contributed by atoms with van der Waals surface area (Å²) in [5.41, 5.74) is 0.347. The van der Waals surface area contributed by atoms with Crippen LogP contribution in [0.25, 0.3) is 0 Å². The molecule has 166 valence electrons. The number of rotatable bonds is 8. The Labute approximate surface area is 187 Å². The molecule has 1 fully saturated rings. The summed E-state index contributed by atoms with van der Waals surface area (Å²) >= 11 is 5.88. The smallest absolute Gasteiger partial charge is 0.261 e. The number of carbonyl (C=O) groups is 2. The fourth-order valence-electron chi connectivity index (χ4n) is 3.72. The average molecular weight is 447 g/mol. The van der Waals surface area contributed by atoms with E-state index in [2.05, 4.69) is 5.32 Å². The number of hydrogen-bond donors (Lipinski definition) is 1. The Bertz CT molecular complexity index is 885. The first-order chi connectivity index (χ1) is 14.9. The van der Waals surface area contributed by atoms with Crippen LogP contribution < -0.4 is 10.1 Å². The van der Waals surface area contributed by atoms with E-state index >= 15 is 0 Å². The van der Waals surface area contributed by atoms with Crippen molar-refractivity contribution in [2.75, 3.05) is 6.61 Å². The van der Waals surface area contributed by atoms with Crippen LogP contribution in [-0.4, -0.2) is 35.4 Å². The largest absolute Gasteiger partial charge is 0.484 e. The molecule has 31 heavy (non-hydrogen) atoms. The summed E-state index contributed by atoms with van der Waals surface area (Å²) in [5, 5.41) is 3.62. The van der Waals surface area contributed by atoms with E-state index in [0.29, 0.717) is 16.3 Å². The molecule has 1 N–H and O–H groups in total. The topological polar surface area (TPSA) is 58.6 Å². The highest BCUT2D eigenvalue weighted by molar-refractivity contribution is 6.30. The maximum atomic E-state index is 14.3. The third-order valence-electron chi connectivity index (χ3n) is 5.59. The first-order valence-corrected chi connectivity index (χ1v) is 11.0. The van der Waals surface area contributed by atoms with Gasteiger partial charge < -0.3 is 15.0 Å². The van der Waals surface area contributed by atoms with Crippen molar-refractivity contribution in [2.45, 2.75) is 57.7 Å². The first kappa shape index (κ1) is 23.1. The quantitative estimate of drug-likeness (QED) is 0.638. The number of nitrogens with one attached hydrogen (secondary N) is 1. The Morgan fingerprint density at radius 2 is 1.81 bits per heavy atom. The first-order valence-electron chi connectivity index (χ1n) is 10.7. The number of amides is 2. The van der Waals surface area contributed by atoms with Crippen LogP contribution in [0.15, 0.2) is 48.5 Å². The van der Waals surface area contributed by atoms with Gasteiger partial charge in [-0.3, -0.25) is 9.59 Å². The zero-order chi connectivity index (χ0) is 22.2. The van der Waals surface area contributed by atoms with E-state index in [9.17, 15) is 14.0 Å². The van der Waals surface area contributed by atoms with Crippen LogP contribution in [-0.2, 0) is 16.1 Å². The van der Waals surface area contributed by atoms with Crippen molar-refractivity contribution in [3.63, 3.8) is 0 Å². The molecule has 0 aliphatic heterocycles. The van der Waals surface area contributed by atoms with E-state index in [0.717, 1.165) is 25.7 Å². The molecule has 0 aromatic heterocycles. The summed E-state index contributed by atoms with van der Waals surface area (Å²) in [5.74, 6) is -0.561. The Hall–Kier alpha value is -2.60. The van der Waals surface area contributed by atoms with Crippen molar-refractivity contribution < 1.29 is 18.7 Å². The highest BCUT2D eigenvalue weighted by atomic mass is 35.5. The normalized spacial score (nSPS) is 15.2. The molecule has 0 radical (unpaired) electrons. The molecule has 1 aliphatic rings. The molecule has 5 nitrogen and oxygen atoms in total. The molecule has 0 saturated heterocycles. The molecule has 2 aromatic rings. The summed E-state index contributed by atoms with van der Waals surface area (Å²) in [6.45, 7) is 1.38. The van der Waals surface area contributed by atoms with Gasteiger partial charge in [-0.1, -0.05) is 49.1 Å². The zero-order valence-electron chi connectivity index (χ0n) is 17.7. The molecule has 2 aromatic carbocycles. The fourth-order valence-corrected chi connectivity index (χ4v) is 3.85. The molecule has 1 atom stereocenters. The number of carbonyl (C=O) groups excluding carboxylic acids is 2. The Morgan fingerprint density at radius 3 is 2.48 bits per heavy atom. The summed E-state index contributed by atoms with van der Waals surface area (Å²) in [6.07, 6.45) is 5.25. The van der Waals surface area contributed by atoms with Crippen molar-refractivity contribution in [1.29, 1.82) is 0 Å². The minimum Gasteiger partial charge on any atom is -0.484 e. The molecule has 0 bridgehead atoms. The van der Waals surface area contributed by atoms with Gasteiger partial charge in [-0.25, -0.2) is 4.39 Å². The molecule has 2 amide bonds. The van der Waals surface area contributed by atoms with Crippen LogP contribution in [0.3, 0.4) is 0 Å². The van der Waals surface area contributed by atoms with Crippen molar-refractivity contribution in [1.82, 2.24) is 10.2 Å². The minimum absolute atomic E-state index is 0.0191. The Kier molecular flexibility index (Phi) is 8.29. The van der Waals surface area contributed by atoms with Crippen LogP contribution >= 0.6 is 11.6 Å². The molecule has 3 rings (SSSR count). The SMILES string of the molecule is C[C@@H](C(=O)NC1CCCCC1)N(Cc1ccccc1F)C(=O)COc1ccc(Cl)cc1. The van der Waals surface area contributed by atoms with Gasteiger partial charge >= 0.3 is 0 Å². The number of benzene rings is 2. The van der Waals surface area contributed by atoms with Gasteiger partial charge in [0.25, 0.3) is 5.91 Å². The van der Waals surface area contributed by atoms with Gasteiger partial charge in [0, 0.05) is 23.2 Å². The number of hydrogen-bond acceptors (Lipinski definition) is 3. The predicted molar refractivity (Wildman–Crippen MR) is 118 cm³/mol. The second kappa shape index (κ2) is 11.1. The molecule has 0 spiro atoms. The Balaban J connectivity index is 1.71. The third-order valence-corrected chi connectivity index (χ3v) is 5.85. The third kappa shape index (κ3) is 6.69. The lowest BCUT2D eigenvalue weighted by molar-refractivity contribution is -0.142. The highest BCUT2D eigenvalue weighted by Crippen LogP contribution is 2.19. The maximum Gasteiger partial charge on any atom is 0.261 e. The van der Waals surface area contributed by atoms with Gasteiger partial charge in [-0.05, 0) is 50.1 Å². The van der Waals surface area contributed by atoms with E-state index in [1.54, 1.807) is 49.4 Å². The minimum atomic E-state index is -0.761. The van der Waals surface area contributed by atoms with Gasteiger partial charge in [0.1, 0.15) is 17.6 Å². The fraction of sp³-hybridized carbons (Fsp3) is 0.417. The summed E-state index contributed by atoms with van der Waals surface area (Å²) in [7, 11) is 0. The van der Waals surface area contributed by atoms with Crippen molar-refractivity contribution in [2.24, 2.45) is 0 Å². The summed E-state index contributed by atoms with van der Waals surface area (Å²) in [4.78, 5) is 27.3. The van der Waals surface area contributed by atoms with Gasteiger partial charge in [0.15, 0.2) is 6.61 Å². The molecule has 1 saturated carbocycles. The summed E-state index contributed by atoms with van der Waals surface area (Å²) in [6, 6.07) is 12.3. The molecular formula is C24H28ClFN2O3. The molecular weight excluding hydrogens is 419 g/mol. The van der Waals surface area contributed by atoms with Crippen molar-refractivity contribution in [3.05, 3.63) is 64.9 Å². The van der Waals surface area contributed by atoms with Gasteiger partial charge in [0.05, 0.1) is 0 Å². The Morgan fingerprint density at radius 1 is 1.13 bits per heavy atom. The maximum absolute atomic E-state index is 14.3. The van der Waals surface area contributed by atoms with E-state index in [-0.39, 0.29) is 25.1 Å². The van der Waals surface area contributed by atoms with Crippen LogP contribution in [0.5, 0.6) is 5.75 Å². The second-order valence-electron chi connectivity index (χ2n) is 7.88. The second-order valence-corrected chi connectivity index (χ2v) is 8.31. The van der Waals surface area contributed by atoms with Crippen LogP contribution in [0, 0.1) is 5.82 Å². The van der Waals surface area contributed by atoms with Crippen molar-refractivity contribution >= 4 is 23.4 Å². The van der Waals surface area contributed by atoms with Gasteiger partial charge in [-0.2, -0.15) is 0 Å². The lowest BCUT2D eigenvalue weighted by atomic mass is 9.95. The van der Waals surface area contributed by atoms with E-state index in [4.69, 9.17) is 16.3 Å². The lowest BCUT2D eigenvalue weighted by Crippen LogP contribution is -2.51. The van der Waals surface area contributed by atoms with Gasteiger partial charge in [0.2, 0.25) is 5.91 Å². The van der Waals surface area contributed by atoms with E-state index < -0.39 is 17.8 Å². The molecule has 0 unspecified atom stereocenters. The molecule has 1 aliphatic carbocycles. The molecule has 7 heteroatoms. The van der Waals surface area contributed by atoms with Crippen LogP contribution in [0.1, 0.15) is 44.6 Å². The van der Waals surface area contributed by atoms with E-state index in [1.165, 1.54) is 17.4 Å². The van der Waals surface area contributed by atoms with Gasteiger partial charge in [-0.15, -0.1) is 0 Å². The predicted octanol–water partition coefficient (Wildman–Crippen LogP) is 4.72. The van der Waals surface area contributed by atoms with Crippen LogP contribution in [0.2, 0.25) is 5.02 Å². The van der Waals surface area contributed by atoms with E-state index in [1.807, 2.05) is 0 Å². The number of nitrogens with zero attached hydrogens (tertiary/aromatic N) is 1. The summed E-state index contributed by atoms with van der Waals surface area (Å²) < 4.78 is 19.8. The molecule has 0 heterocycles. The number of ether oxygens (including phenoxy) is 1. The van der Waals surface area contributed by atoms with Crippen molar-refractivity contribution in [3.8, 4) is 5.75 Å². The number of halogens is 2. The lowest BCUT2D eigenvalue weighted by Gasteiger charge is -2.31. The monoisotopic (exact) mass is 446 g/mol. The standard InChI is InChI=1S/C24H28ClFN2O3/c1-17(24(30)27-20-8-3-2-4-9-20)28(15-18-7-5-6-10-22(18)26)23(29)16-31-21-13-11-19(25)12-14-21/h5-7,10-14,17,20H,2-4,8-9,15-16H2,1H3,(H,27,30)/t17-/m0/s1. The average Bonchev–Trinajstić information content (AvgIpc) is 2.78. The highest BCUT2D eigenvalue weighted by Gasteiger charge is 2.29. The zero-order valence-corrected chi connectivity index (χ0v) is 18.4. The van der Waals surface area contributed by atoms with Crippen LogP contribution in [0.4, 0.5) is 4.39 Å².